The fourth-order valence-electron chi connectivity index (χ4n) is 1.45. The van der Waals surface area contributed by atoms with E-state index in [-0.39, 0.29) is 5.91 Å². The monoisotopic (exact) mass is 244 g/mol. The number of amides is 1. The van der Waals surface area contributed by atoms with Crippen LogP contribution in [0.25, 0.3) is 0 Å². The highest BCUT2D eigenvalue weighted by atomic mass is 16.4. The first kappa shape index (κ1) is 15.9. The summed E-state index contributed by atoms with van der Waals surface area (Å²) in [6, 6.07) is -0.662. The number of aliphatic carboxylic acids is 1. The summed E-state index contributed by atoms with van der Waals surface area (Å²) in [5, 5.41) is 11.1. The minimum Gasteiger partial charge on any atom is -0.480 e. The molecule has 1 atom stereocenters. The Morgan fingerprint density at radius 2 is 2.18 bits per heavy atom. The lowest BCUT2D eigenvalue weighted by atomic mass is 10.1. The zero-order valence-electron chi connectivity index (χ0n) is 10.6. The number of nitrogens with one attached hydrogen (secondary N) is 1. The third-order valence-electron chi connectivity index (χ3n) is 2.59. The van der Waals surface area contributed by atoms with E-state index < -0.39 is 12.0 Å². The zero-order valence-corrected chi connectivity index (χ0v) is 10.6. The number of carboxylic acids is 1. The smallest absolute Gasteiger partial charge is 0.320 e. The van der Waals surface area contributed by atoms with E-state index in [1.807, 2.05) is 6.92 Å². The van der Waals surface area contributed by atoms with Gasteiger partial charge < -0.3 is 16.2 Å². The van der Waals surface area contributed by atoms with Crippen molar-refractivity contribution in [3.8, 4) is 0 Å². The quantitative estimate of drug-likeness (QED) is 0.694. The molecule has 5 nitrogen and oxygen atoms in total. The Morgan fingerprint density at radius 3 is 2.76 bits per heavy atom. The minimum atomic E-state index is -0.900. The lowest BCUT2D eigenvalue weighted by molar-refractivity contribution is -0.138. The van der Waals surface area contributed by atoms with E-state index in [0.717, 1.165) is 38.6 Å². The van der Waals surface area contributed by atoms with Crippen molar-refractivity contribution in [2.75, 3.05) is 6.54 Å². The van der Waals surface area contributed by atoms with Crippen LogP contribution in [-0.2, 0) is 9.59 Å². The highest BCUT2D eigenvalue weighted by Crippen LogP contribution is 2.02. The van der Waals surface area contributed by atoms with Gasteiger partial charge in [-0.1, -0.05) is 26.2 Å². The first-order valence-corrected chi connectivity index (χ1v) is 6.33. The van der Waals surface area contributed by atoms with E-state index in [4.69, 9.17) is 10.8 Å². The first-order valence-electron chi connectivity index (χ1n) is 6.33. The summed E-state index contributed by atoms with van der Waals surface area (Å²) in [6.45, 7) is 2.90. The topological polar surface area (TPSA) is 92.4 Å². The van der Waals surface area contributed by atoms with Crippen LogP contribution >= 0.6 is 0 Å². The molecule has 5 heteroatoms. The maximum Gasteiger partial charge on any atom is 0.320 e. The summed E-state index contributed by atoms with van der Waals surface area (Å²) in [5.41, 5.74) is 5.20. The van der Waals surface area contributed by atoms with Crippen LogP contribution in [0.1, 0.15) is 51.9 Å². The maximum atomic E-state index is 10.6. The predicted octanol–water partition coefficient (Wildman–Crippen LogP) is 1.27. The van der Waals surface area contributed by atoms with Crippen LogP contribution in [-0.4, -0.2) is 29.6 Å². The van der Waals surface area contributed by atoms with Crippen molar-refractivity contribution in [3.63, 3.8) is 0 Å². The molecule has 17 heavy (non-hydrogen) atoms. The Hall–Kier alpha value is -1.10. The number of nitrogens with two attached hydrogens (primary N) is 1. The molecule has 0 saturated carbocycles. The van der Waals surface area contributed by atoms with Crippen molar-refractivity contribution in [2.24, 2.45) is 5.73 Å². The second-order valence-corrected chi connectivity index (χ2v) is 4.25. The van der Waals surface area contributed by atoms with E-state index in [2.05, 4.69) is 5.32 Å². The van der Waals surface area contributed by atoms with Crippen molar-refractivity contribution in [1.29, 1.82) is 0 Å². The van der Waals surface area contributed by atoms with E-state index in [1.165, 1.54) is 6.42 Å². The van der Waals surface area contributed by atoms with Gasteiger partial charge in [-0.3, -0.25) is 9.59 Å². The highest BCUT2D eigenvalue weighted by Gasteiger charge is 2.08. The van der Waals surface area contributed by atoms with Crippen LogP contribution in [0.15, 0.2) is 0 Å². The number of carbonyl (C=O) groups is 2. The number of unbranched alkanes of at least 4 members (excludes halogenated alkanes) is 1. The minimum absolute atomic E-state index is 0.225. The van der Waals surface area contributed by atoms with Crippen molar-refractivity contribution >= 4 is 11.9 Å². The van der Waals surface area contributed by atoms with Gasteiger partial charge in [-0.2, -0.15) is 0 Å². The van der Waals surface area contributed by atoms with Crippen molar-refractivity contribution in [2.45, 2.75) is 57.9 Å². The van der Waals surface area contributed by atoms with Crippen LogP contribution < -0.4 is 11.1 Å². The van der Waals surface area contributed by atoms with Gasteiger partial charge in [0.15, 0.2) is 0 Å². The number of hydrogen-bond donors (Lipinski definition) is 3. The Morgan fingerprint density at radius 1 is 1.47 bits per heavy atom. The van der Waals surface area contributed by atoms with Gasteiger partial charge >= 0.3 is 5.97 Å². The molecule has 100 valence electrons. The summed E-state index contributed by atoms with van der Waals surface area (Å²) in [6.07, 6.45) is 6.66. The number of rotatable bonds is 4. The molecule has 1 aliphatic heterocycles. The van der Waals surface area contributed by atoms with Crippen LogP contribution in [0.3, 0.4) is 0 Å². The van der Waals surface area contributed by atoms with Gasteiger partial charge in [0.05, 0.1) is 0 Å². The summed E-state index contributed by atoms with van der Waals surface area (Å²) in [4.78, 5) is 20.7. The van der Waals surface area contributed by atoms with E-state index in [0.29, 0.717) is 6.42 Å². The molecule has 1 amide bonds. The van der Waals surface area contributed by atoms with Crippen molar-refractivity contribution in [1.82, 2.24) is 5.32 Å². The molecule has 0 aliphatic carbocycles. The Labute approximate surface area is 103 Å². The van der Waals surface area contributed by atoms with Crippen molar-refractivity contribution in [3.05, 3.63) is 0 Å². The molecule has 1 heterocycles. The summed E-state index contributed by atoms with van der Waals surface area (Å²) < 4.78 is 0. The SMILES string of the molecule is CCCCC(N)C(=O)O.O=C1CCCCCN1. The second kappa shape index (κ2) is 10.1. The van der Waals surface area contributed by atoms with Crippen LogP contribution in [0.5, 0.6) is 0 Å². The fourth-order valence-corrected chi connectivity index (χ4v) is 1.45. The largest absolute Gasteiger partial charge is 0.480 e. The van der Waals surface area contributed by atoms with Crippen LogP contribution in [0, 0.1) is 0 Å². The molecule has 1 saturated heterocycles. The first-order chi connectivity index (χ1) is 8.07. The lowest BCUT2D eigenvalue weighted by Crippen LogP contribution is -2.29. The Balaban J connectivity index is 0.000000302. The average molecular weight is 244 g/mol. The zero-order chi connectivity index (χ0) is 13.1. The van der Waals surface area contributed by atoms with Gasteiger partial charge in [-0.15, -0.1) is 0 Å². The molecule has 0 bridgehead atoms. The second-order valence-electron chi connectivity index (χ2n) is 4.25. The molecule has 1 rings (SSSR count). The summed E-state index contributed by atoms with van der Waals surface area (Å²) in [5.74, 6) is -0.675. The van der Waals surface area contributed by atoms with E-state index in [9.17, 15) is 9.59 Å². The molecule has 1 unspecified atom stereocenters. The third-order valence-corrected chi connectivity index (χ3v) is 2.59. The van der Waals surface area contributed by atoms with Crippen LogP contribution in [0.4, 0.5) is 0 Å². The predicted molar refractivity (Wildman–Crippen MR) is 66.6 cm³/mol. The van der Waals surface area contributed by atoms with Gasteiger partial charge in [-0.05, 0) is 19.3 Å². The summed E-state index contributed by atoms with van der Waals surface area (Å²) in [7, 11) is 0. The molecule has 1 fully saturated rings. The summed E-state index contributed by atoms with van der Waals surface area (Å²) >= 11 is 0. The normalized spacial score (nSPS) is 17.2. The number of carbonyl (C=O) groups excluding carboxylic acids is 1. The fraction of sp³-hybridized carbons (Fsp3) is 0.833. The third kappa shape index (κ3) is 9.81. The van der Waals surface area contributed by atoms with Gasteiger partial charge in [0, 0.05) is 13.0 Å². The number of hydrogen-bond acceptors (Lipinski definition) is 3. The molecular formula is C12H24N2O3. The Bertz CT molecular complexity index is 222. The molecule has 0 radical (unpaired) electrons. The molecule has 0 aromatic heterocycles. The van der Waals surface area contributed by atoms with Gasteiger partial charge in [0.2, 0.25) is 5.91 Å². The van der Waals surface area contributed by atoms with Crippen molar-refractivity contribution < 1.29 is 14.7 Å². The molecule has 0 aromatic carbocycles. The molecular weight excluding hydrogens is 220 g/mol. The lowest BCUT2D eigenvalue weighted by Gasteiger charge is -2.02. The molecule has 0 aromatic rings. The molecule has 0 spiro atoms. The number of carboxylic acid groups (broad SMARTS) is 1. The standard InChI is InChI=1S/C6H13NO2.C6H11NO/c1-2-3-4-5(7)6(8)9;8-6-4-2-1-3-5-7-6/h5H,2-4,7H2,1H3,(H,8,9);1-5H2,(H,7,8). The maximum absolute atomic E-state index is 10.6. The average Bonchev–Trinajstić information content (AvgIpc) is 2.54. The van der Waals surface area contributed by atoms with Gasteiger partial charge in [-0.25, -0.2) is 0 Å². The highest BCUT2D eigenvalue weighted by molar-refractivity contribution is 5.75. The van der Waals surface area contributed by atoms with Gasteiger partial charge in [0.25, 0.3) is 0 Å². The van der Waals surface area contributed by atoms with Crippen LogP contribution in [0.2, 0.25) is 0 Å². The molecule has 1 aliphatic rings. The van der Waals surface area contributed by atoms with E-state index >= 15 is 0 Å². The van der Waals surface area contributed by atoms with E-state index in [1.54, 1.807) is 0 Å². The molecule has 4 N–H and O–H groups in total. The Kier molecular flexibility index (Phi) is 9.43. The van der Waals surface area contributed by atoms with Gasteiger partial charge in [0.1, 0.15) is 6.04 Å².